The molecule has 7 nitrogen and oxygen atoms in total. The molecular weight excluding hydrogens is 619 g/mol. The van der Waals surface area contributed by atoms with Gasteiger partial charge >= 0.3 is 6.18 Å². The molecule has 2 aromatic rings. The summed E-state index contributed by atoms with van der Waals surface area (Å²) in [6.45, 7) is 4.33. The molecule has 2 N–H and O–H groups in total. The summed E-state index contributed by atoms with van der Waals surface area (Å²) < 4.78 is 73.0. The second kappa shape index (κ2) is 14.3. The standard InChI is InChI=1S/C35H46F3NO6S/c1-24-8-6-16-33(2)31(15-17-34(33,42)23-39(46(4,43)44)18-7-19-45-3)29-14-12-25(20-28(40)13-11-24)21-30(29)32(41)26-9-5-10-27(22-26)35(36,37)38/h5,8-10,12,14,21-22,28,31,40,42H,6-7,11,13,15-20,23H2,1-4H3/t28-,31-,33-,34+/m0/s1. The molecule has 2 aromatic carbocycles. The van der Waals surface area contributed by atoms with Crippen LogP contribution in [-0.4, -0.2) is 73.5 Å². The van der Waals surface area contributed by atoms with Crippen molar-refractivity contribution in [2.24, 2.45) is 5.41 Å². The minimum Gasteiger partial charge on any atom is -0.393 e. The molecule has 0 spiro atoms. The number of benzene rings is 2. The van der Waals surface area contributed by atoms with E-state index >= 15 is 0 Å². The van der Waals surface area contributed by atoms with E-state index in [0.29, 0.717) is 56.3 Å². The van der Waals surface area contributed by atoms with E-state index in [1.165, 1.54) is 23.5 Å². The number of aliphatic hydroxyl groups is 2. The predicted octanol–water partition coefficient (Wildman–Crippen LogP) is 6.27. The van der Waals surface area contributed by atoms with Gasteiger partial charge in [0.25, 0.3) is 0 Å². The van der Waals surface area contributed by atoms with Gasteiger partial charge in [-0.2, -0.15) is 17.5 Å². The fourth-order valence-corrected chi connectivity index (χ4v) is 8.14. The van der Waals surface area contributed by atoms with Crippen LogP contribution in [0.2, 0.25) is 0 Å². The highest BCUT2D eigenvalue weighted by Gasteiger charge is 2.57. The first-order chi connectivity index (χ1) is 21.5. The van der Waals surface area contributed by atoms with Gasteiger partial charge in [-0.15, -0.1) is 0 Å². The Hall–Kier alpha value is -2.57. The lowest BCUT2D eigenvalue weighted by atomic mass is 9.64. The van der Waals surface area contributed by atoms with Crippen LogP contribution in [0.5, 0.6) is 0 Å². The molecule has 0 aromatic heterocycles. The smallest absolute Gasteiger partial charge is 0.393 e. The maximum Gasteiger partial charge on any atom is 0.416 e. The number of nitrogens with zero attached hydrogens (tertiary/aromatic N) is 1. The lowest BCUT2D eigenvalue weighted by Gasteiger charge is -2.45. The maximum atomic E-state index is 14.1. The molecule has 3 aliphatic carbocycles. The van der Waals surface area contributed by atoms with E-state index < -0.39 is 50.6 Å². The number of hydrogen-bond acceptors (Lipinski definition) is 6. The van der Waals surface area contributed by atoms with Gasteiger partial charge in [-0.05, 0) is 93.5 Å². The summed E-state index contributed by atoms with van der Waals surface area (Å²) in [5.74, 6) is -0.978. The Morgan fingerprint density at radius 2 is 1.87 bits per heavy atom. The van der Waals surface area contributed by atoms with Crippen LogP contribution in [0.1, 0.15) is 97.3 Å². The van der Waals surface area contributed by atoms with E-state index in [9.17, 15) is 36.6 Å². The summed E-state index contributed by atoms with van der Waals surface area (Å²) in [5.41, 5.74) is -0.781. The van der Waals surface area contributed by atoms with E-state index in [-0.39, 0.29) is 37.1 Å². The molecule has 2 bridgehead atoms. The molecule has 46 heavy (non-hydrogen) atoms. The summed E-state index contributed by atoms with van der Waals surface area (Å²) >= 11 is 0. The summed E-state index contributed by atoms with van der Waals surface area (Å²) in [5, 5.41) is 23.3. The highest BCUT2D eigenvalue weighted by molar-refractivity contribution is 7.88. The molecule has 254 valence electrons. The van der Waals surface area contributed by atoms with Crippen molar-refractivity contribution in [2.45, 2.75) is 89.0 Å². The van der Waals surface area contributed by atoms with E-state index in [1.807, 2.05) is 19.9 Å². The van der Waals surface area contributed by atoms with Crippen LogP contribution < -0.4 is 0 Å². The van der Waals surface area contributed by atoms with Gasteiger partial charge in [0.1, 0.15) is 0 Å². The third kappa shape index (κ3) is 8.10. The van der Waals surface area contributed by atoms with Crippen molar-refractivity contribution in [1.29, 1.82) is 0 Å². The number of aliphatic hydroxyl groups excluding tert-OH is 1. The molecule has 1 fully saturated rings. The second-order valence-corrected chi connectivity index (χ2v) is 15.3. The number of carbonyl (C=O) groups is 1. The maximum absolute atomic E-state index is 14.1. The zero-order chi connectivity index (χ0) is 33.9. The van der Waals surface area contributed by atoms with Gasteiger partial charge in [-0.25, -0.2) is 8.42 Å². The Morgan fingerprint density at radius 1 is 1.13 bits per heavy atom. The minimum absolute atomic E-state index is 0.107. The van der Waals surface area contributed by atoms with Crippen LogP contribution in [0.3, 0.4) is 0 Å². The third-order valence-corrected chi connectivity index (χ3v) is 11.3. The Labute approximate surface area is 270 Å². The fraction of sp³-hybridized carbons (Fsp3) is 0.571. The van der Waals surface area contributed by atoms with Crippen molar-refractivity contribution >= 4 is 15.8 Å². The van der Waals surface area contributed by atoms with E-state index in [4.69, 9.17) is 4.74 Å². The van der Waals surface area contributed by atoms with Crippen molar-refractivity contribution in [3.8, 4) is 0 Å². The van der Waals surface area contributed by atoms with Gasteiger partial charge < -0.3 is 14.9 Å². The Kier molecular flexibility index (Phi) is 11.3. The number of fused-ring (bicyclic) bond motifs is 8. The molecule has 0 heterocycles. The van der Waals surface area contributed by atoms with E-state index in [0.717, 1.165) is 24.0 Å². The summed E-state index contributed by atoms with van der Waals surface area (Å²) in [6.07, 6.45) is 1.54. The first-order valence-corrected chi connectivity index (χ1v) is 17.7. The minimum atomic E-state index is -4.63. The lowest BCUT2D eigenvalue weighted by Crippen LogP contribution is -2.53. The molecular formula is C35H46F3NO6S. The van der Waals surface area contributed by atoms with Gasteiger partial charge in [-0.1, -0.05) is 42.8 Å². The molecule has 0 aliphatic heterocycles. The number of halogens is 3. The SMILES string of the molecule is COCCCN(C[C@]1(O)CC[C@H]2c3ccc(cc3C(=O)c3cccc(C(F)(F)F)c3)C[C@@H](O)CCC(C)=CCC[C@@]21C)S(C)(=O)=O. The van der Waals surface area contributed by atoms with Gasteiger partial charge in [0, 0.05) is 43.3 Å². The van der Waals surface area contributed by atoms with Crippen LogP contribution in [-0.2, 0) is 27.4 Å². The second-order valence-electron chi connectivity index (χ2n) is 13.3. The Balaban J connectivity index is 1.85. The number of hydrogen-bond donors (Lipinski definition) is 2. The monoisotopic (exact) mass is 665 g/mol. The molecule has 0 amide bonds. The molecule has 4 atom stereocenters. The molecule has 11 heteroatoms. The van der Waals surface area contributed by atoms with Crippen molar-refractivity contribution in [3.05, 3.63) is 81.9 Å². The highest BCUT2D eigenvalue weighted by atomic mass is 32.2. The van der Waals surface area contributed by atoms with Gasteiger partial charge in [0.05, 0.1) is 23.5 Å². The van der Waals surface area contributed by atoms with Crippen LogP contribution in [0.15, 0.2) is 54.1 Å². The van der Waals surface area contributed by atoms with Gasteiger partial charge in [0.15, 0.2) is 5.78 Å². The number of rotatable bonds is 9. The average molecular weight is 666 g/mol. The number of allylic oxidation sites excluding steroid dienone is 2. The van der Waals surface area contributed by atoms with Crippen molar-refractivity contribution in [1.82, 2.24) is 4.31 Å². The average Bonchev–Trinajstić information content (AvgIpc) is 3.23. The third-order valence-electron chi connectivity index (χ3n) is 10.0. The van der Waals surface area contributed by atoms with Crippen LogP contribution in [0, 0.1) is 5.41 Å². The number of methoxy groups -OCH3 is 1. The van der Waals surface area contributed by atoms with Crippen LogP contribution in [0.4, 0.5) is 13.2 Å². The van der Waals surface area contributed by atoms with Crippen molar-refractivity contribution in [2.75, 3.05) is 33.1 Å². The zero-order valence-electron chi connectivity index (χ0n) is 27.1. The van der Waals surface area contributed by atoms with Crippen molar-refractivity contribution in [3.63, 3.8) is 0 Å². The molecule has 0 saturated heterocycles. The van der Waals surface area contributed by atoms with Crippen molar-refractivity contribution < 1.29 is 41.3 Å². The largest absolute Gasteiger partial charge is 0.416 e. The first kappa shape index (κ1) is 36.3. The zero-order valence-corrected chi connectivity index (χ0v) is 27.9. The number of ketones is 1. The topological polar surface area (TPSA) is 104 Å². The van der Waals surface area contributed by atoms with Gasteiger partial charge in [-0.3, -0.25) is 4.79 Å². The predicted molar refractivity (Wildman–Crippen MR) is 171 cm³/mol. The summed E-state index contributed by atoms with van der Waals surface area (Å²) in [4.78, 5) is 14.1. The Morgan fingerprint density at radius 3 is 2.54 bits per heavy atom. The van der Waals surface area contributed by atoms with Crippen LogP contribution in [0.25, 0.3) is 0 Å². The molecule has 0 unspecified atom stereocenters. The molecule has 3 aliphatic rings. The van der Waals surface area contributed by atoms with Gasteiger partial charge in [0.2, 0.25) is 10.0 Å². The number of carbonyl (C=O) groups excluding carboxylic acids is 1. The fourth-order valence-electron chi connectivity index (χ4n) is 7.23. The Bertz CT molecular complexity index is 1540. The van der Waals surface area contributed by atoms with E-state index in [2.05, 4.69) is 6.08 Å². The normalized spacial score (nSPS) is 26.1. The number of sulfonamides is 1. The molecule has 5 rings (SSSR count). The lowest BCUT2D eigenvalue weighted by molar-refractivity contribution is -0.137. The molecule has 0 radical (unpaired) electrons. The first-order valence-electron chi connectivity index (χ1n) is 15.8. The summed E-state index contributed by atoms with van der Waals surface area (Å²) in [7, 11) is -2.15. The molecule has 1 saturated carbocycles. The summed E-state index contributed by atoms with van der Waals surface area (Å²) in [6, 6.07) is 9.66. The van der Waals surface area contributed by atoms with E-state index in [1.54, 1.807) is 12.1 Å². The van der Waals surface area contributed by atoms with Crippen LogP contribution >= 0.6 is 0 Å². The number of ether oxygens (including phenoxy) is 1. The highest BCUT2D eigenvalue weighted by Crippen LogP contribution is 2.59. The quantitative estimate of drug-likeness (QED) is 0.186. The number of alkyl halides is 3.